The molecule has 0 unspecified atom stereocenters. The SMILES string of the molecule is C=C1CC[C@H](c2ccncc2[N+](=O)[O-])O[C@@H]1C. The van der Waals surface area contributed by atoms with Crippen molar-refractivity contribution in [2.45, 2.75) is 32.0 Å². The van der Waals surface area contributed by atoms with Crippen LogP contribution in [0.1, 0.15) is 31.4 Å². The highest BCUT2D eigenvalue weighted by Crippen LogP contribution is 2.36. The van der Waals surface area contributed by atoms with E-state index < -0.39 is 4.92 Å². The predicted octanol–water partition coefficient (Wildman–Crippen LogP) is 2.79. The van der Waals surface area contributed by atoms with Crippen LogP contribution in [0.25, 0.3) is 0 Å². The van der Waals surface area contributed by atoms with Crippen LogP contribution in [0.3, 0.4) is 0 Å². The zero-order valence-electron chi connectivity index (χ0n) is 9.63. The fourth-order valence-electron chi connectivity index (χ4n) is 1.98. The van der Waals surface area contributed by atoms with Crippen LogP contribution in [0.15, 0.2) is 30.6 Å². The van der Waals surface area contributed by atoms with E-state index >= 15 is 0 Å². The minimum absolute atomic E-state index is 0.0252. The average Bonchev–Trinajstić information content (AvgIpc) is 2.32. The maximum Gasteiger partial charge on any atom is 0.293 e. The highest BCUT2D eigenvalue weighted by Gasteiger charge is 2.28. The molecule has 17 heavy (non-hydrogen) atoms. The van der Waals surface area contributed by atoms with E-state index in [4.69, 9.17) is 4.74 Å². The number of hydrogen-bond donors (Lipinski definition) is 0. The van der Waals surface area contributed by atoms with Gasteiger partial charge in [0.15, 0.2) is 0 Å². The predicted molar refractivity (Wildman–Crippen MR) is 62.6 cm³/mol. The van der Waals surface area contributed by atoms with E-state index in [1.165, 1.54) is 6.20 Å². The van der Waals surface area contributed by atoms with E-state index in [1.54, 1.807) is 12.3 Å². The number of nitro groups is 1. The molecule has 1 aliphatic heterocycles. The molecule has 0 N–H and O–H groups in total. The summed E-state index contributed by atoms with van der Waals surface area (Å²) in [5.41, 5.74) is 1.67. The van der Waals surface area contributed by atoms with Crippen LogP contribution in [0, 0.1) is 10.1 Å². The Morgan fingerprint density at radius 3 is 3.06 bits per heavy atom. The first-order chi connectivity index (χ1) is 8.09. The van der Waals surface area contributed by atoms with Gasteiger partial charge in [-0.3, -0.25) is 15.1 Å². The van der Waals surface area contributed by atoms with Crippen molar-refractivity contribution in [1.29, 1.82) is 0 Å². The molecule has 90 valence electrons. The van der Waals surface area contributed by atoms with Crippen LogP contribution in [0.4, 0.5) is 5.69 Å². The molecule has 2 heterocycles. The molecule has 1 aromatic rings. The van der Waals surface area contributed by atoms with Gasteiger partial charge in [0, 0.05) is 6.20 Å². The summed E-state index contributed by atoms with van der Waals surface area (Å²) < 4.78 is 5.74. The Kier molecular flexibility index (Phi) is 3.19. The second kappa shape index (κ2) is 4.63. The van der Waals surface area contributed by atoms with E-state index in [0.717, 1.165) is 18.4 Å². The van der Waals surface area contributed by atoms with Crippen molar-refractivity contribution < 1.29 is 9.66 Å². The highest BCUT2D eigenvalue weighted by atomic mass is 16.6. The third kappa shape index (κ3) is 2.34. The third-order valence-electron chi connectivity index (χ3n) is 3.05. The molecular formula is C12H14N2O3. The molecule has 0 aliphatic carbocycles. The Labute approximate surface area is 99.3 Å². The zero-order chi connectivity index (χ0) is 12.4. The van der Waals surface area contributed by atoms with Crippen molar-refractivity contribution in [3.63, 3.8) is 0 Å². The largest absolute Gasteiger partial charge is 0.366 e. The summed E-state index contributed by atoms with van der Waals surface area (Å²) in [4.78, 5) is 14.3. The first kappa shape index (κ1) is 11.7. The first-order valence-corrected chi connectivity index (χ1v) is 5.51. The van der Waals surface area contributed by atoms with Gasteiger partial charge in [-0.1, -0.05) is 6.58 Å². The number of nitrogens with zero attached hydrogens (tertiary/aromatic N) is 2. The number of aromatic nitrogens is 1. The van der Waals surface area contributed by atoms with E-state index in [-0.39, 0.29) is 17.9 Å². The zero-order valence-corrected chi connectivity index (χ0v) is 9.63. The molecule has 0 aromatic carbocycles. The minimum atomic E-state index is -0.417. The van der Waals surface area contributed by atoms with E-state index in [0.29, 0.717) is 5.56 Å². The second-order valence-corrected chi connectivity index (χ2v) is 4.16. The molecule has 0 spiro atoms. The molecule has 1 saturated heterocycles. The lowest BCUT2D eigenvalue weighted by Gasteiger charge is -2.29. The maximum absolute atomic E-state index is 10.9. The molecule has 0 radical (unpaired) electrons. The van der Waals surface area contributed by atoms with Gasteiger partial charge in [0.25, 0.3) is 5.69 Å². The van der Waals surface area contributed by atoms with Gasteiger partial charge in [-0.2, -0.15) is 0 Å². The Morgan fingerprint density at radius 2 is 2.41 bits per heavy atom. The lowest BCUT2D eigenvalue weighted by atomic mass is 9.96. The Balaban J connectivity index is 2.28. The highest BCUT2D eigenvalue weighted by molar-refractivity contribution is 5.39. The maximum atomic E-state index is 10.9. The van der Waals surface area contributed by atoms with Crippen molar-refractivity contribution in [3.8, 4) is 0 Å². The summed E-state index contributed by atoms with van der Waals surface area (Å²) in [5.74, 6) is 0. The Hall–Kier alpha value is -1.75. The quantitative estimate of drug-likeness (QED) is 0.448. The lowest BCUT2D eigenvalue weighted by molar-refractivity contribution is -0.386. The van der Waals surface area contributed by atoms with Gasteiger partial charge in [-0.25, -0.2) is 0 Å². The minimum Gasteiger partial charge on any atom is -0.366 e. The van der Waals surface area contributed by atoms with Crippen LogP contribution in [-0.2, 0) is 4.74 Å². The van der Waals surface area contributed by atoms with Crippen LogP contribution in [0.2, 0.25) is 0 Å². The van der Waals surface area contributed by atoms with E-state index in [9.17, 15) is 10.1 Å². The second-order valence-electron chi connectivity index (χ2n) is 4.16. The fourth-order valence-corrected chi connectivity index (χ4v) is 1.98. The van der Waals surface area contributed by atoms with Crippen LogP contribution < -0.4 is 0 Å². The Morgan fingerprint density at radius 1 is 1.65 bits per heavy atom. The molecule has 1 aliphatic rings. The number of hydrogen-bond acceptors (Lipinski definition) is 4. The molecule has 2 rings (SSSR count). The van der Waals surface area contributed by atoms with Crippen LogP contribution >= 0.6 is 0 Å². The van der Waals surface area contributed by atoms with Crippen molar-refractivity contribution in [3.05, 3.63) is 46.3 Å². The van der Waals surface area contributed by atoms with Crippen LogP contribution in [0.5, 0.6) is 0 Å². The summed E-state index contributed by atoms with van der Waals surface area (Å²) in [6.45, 7) is 5.83. The van der Waals surface area contributed by atoms with Gasteiger partial charge < -0.3 is 4.74 Å². The van der Waals surface area contributed by atoms with E-state index in [1.807, 2.05) is 6.92 Å². The summed E-state index contributed by atoms with van der Waals surface area (Å²) in [7, 11) is 0. The standard InChI is InChI=1S/C12H14N2O3/c1-8-3-4-12(17-9(8)2)10-5-6-13-7-11(10)14(15)16/h5-7,9,12H,1,3-4H2,2H3/t9-,12-/m1/s1. The topological polar surface area (TPSA) is 65.3 Å². The average molecular weight is 234 g/mol. The smallest absolute Gasteiger partial charge is 0.293 e. The summed E-state index contributed by atoms with van der Waals surface area (Å²) in [5, 5.41) is 10.9. The molecule has 0 amide bonds. The van der Waals surface area contributed by atoms with Gasteiger partial charge in [-0.05, 0) is 31.4 Å². The Bertz CT molecular complexity index is 459. The van der Waals surface area contributed by atoms with Crippen LogP contribution in [-0.4, -0.2) is 16.0 Å². The molecule has 0 saturated carbocycles. The normalized spacial score (nSPS) is 24.6. The van der Waals surface area contributed by atoms with Gasteiger partial charge in [0.05, 0.1) is 22.7 Å². The lowest BCUT2D eigenvalue weighted by Crippen LogP contribution is -2.22. The van der Waals surface area contributed by atoms with Gasteiger partial charge >= 0.3 is 0 Å². The van der Waals surface area contributed by atoms with Gasteiger partial charge in [0.1, 0.15) is 6.20 Å². The van der Waals surface area contributed by atoms with Gasteiger partial charge in [0.2, 0.25) is 0 Å². The van der Waals surface area contributed by atoms with Gasteiger partial charge in [-0.15, -0.1) is 0 Å². The number of ether oxygens (including phenoxy) is 1. The van der Waals surface area contributed by atoms with E-state index in [2.05, 4.69) is 11.6 Å². The molecule has 0 bridgehead atoms. The van der Waals surface area contributed by atoms with Crippen molar-refractivity contribution in [2.24, 2.45) is 0 Å². The number of pyridine rings is 1. The molecule has 1 aromatic heterocycles. The molecular weight excluding hydrogens is 220 g/mol. The molecule has 5 heteroatoms. The summed E-state index contributed by atoms with van der Waals surface area (Å²) in [6, 6.07) is 1.66. The monoisotopic (exact) mass is 234 g/mol. The summed E-state index contributed by atoms with van der Waals surface area (Å²) in [6.07, 6.45) is 4.10. The third-order valence-corrected chi connectivity index (χ3v) is 3.05. The molecule has 1 fully saturated rings. The van der Waals surface area contributed by atoms with Crippen molar-refractivity contribution in [1.82, 2.24) is 4.98 Å². The molecule has 5 nitrogen and oxygen atoms in total. The number of rotatable bonds is 2. The van der Waals surface area contributed by atoms with Crippen molar-refractivity contribution in [2.75, 3.05) is 0 Å². The van der Waals surface area contributed by atoms with Crippen molar-refractivity contribution >= 4 is 5.69 Å². The summed E-state index contributed by atoms with van der Waals surface area (Å²) >= 11 is 0. The fraction of sp³-hybridized carbons (Fsp3) is 0.417. The first-order valence-electron chi connectivity index (χ1n) is 5.51. The molecule has 2 atom stereocenters.